The standard InChI is InChI=1S/C5H7ClN2/c1-4-3-5(6)8(2)7-4/h3H,1-2H3/i2D3. The molecule has 8 heavy (non-hydrogen) atoms. The zero-order valence-corrected chi connectivity index (χ0v) is 5.11. The molecule has 1 aromatic rings. The van der Waals surface area contributed by atoms with Gasteiger partial charge in [0.1, 0.15) is 5.15 Å². The van der Waals surface area contributed by atoms with Crippen molar-refractivity contribution in [1.29, 1.82) is 0 Å². The van der Waals surface area contributed by atoms with Crippen LogP contribution in [0.3, 0.4) is 0 Å². The van der Waals surface area contributed by atoms with Gasteiger partial charge in [0, 0.05) is 11.1 Å². The van der Waals surface area contributed by atoms with Crippen LogP contribution in [0.25, 0.3) is 0 Å². The minimum Gasteiger partial charge on any atom is -0.257 e. The van der Waals surface area contributed by atoms with E-state index in [2.05, 4.69) is 5.10 Å². The predicted octanol–water partition coefficient (Wildman–Crippen LogP) is 1.38. The van der Waals surface area contributed by atoms with E-state index in [-0.39, 0.29) is 5.15 Å². The van der Waals surface area contributed by atoms with E-state index in [4.69, 9.17) is 15.7 Å². The Balaban J connectivity index is 3.13. The number of hydrogen-bond acceptors (Lipinski definition) is 1. The van der Waals surface area contributed by atoms with Gasteiger partial charge in [0.15, 0.2) is 0 Å². The van der Waals surface area contributed by atoms with Crippen LogP contribution in [-0.2, 0) is 6.98 Å². The summed E-state index contributed by atoms with van der Waals surface area (Å²) in [6, 6.07) is 1.51. The van der Waals surface area contributed by atoms with Gasteiger partial charge in [-0.15, -0.1) is 0 Å². The van der Waals surface area contributed by atoms with Gasteiger partial charge in [0.25, 0.3) is 0 Å². The molecule has 0 unspecified atom stereocenters. The van der Waals surface area contributed by atoms with Crippen LogP contribution in [0.5, 0.6) is 0 Å². The van der Waals surface area contributed by atoms with E-state index in [0.717, 1.165) is 4.68 Å². The molecule has 0 atom stereocenters. The largest absolute Gasteiger partial charge is 0.257 e. The van der Waals surface area contributed by atoms with Gasteiger partial charge in [-0.25, -0.2) is 0 Å². The smallest absolute Gasteiger partial charge is 0.126 e. The first kappa shape index (κ1) is 2.87. The van der Waals surface area contributed by atoms with E-state index in [0.29, 0.717) is 5.69 Å². The maximum atomic E-state index is 6.98. The molecular formula is C5H7ClN2. The van der Waals surface area contributed by atoms with Crippen molar-refractivity contribution in [2.75, 3.05) is 0 Å². The van der Waals surface area contributed by atoms with Crippen molar-refractivity contribution >= 4 is 11.6 Å². The third-order valence-electron chi connectivity index (χ3n) is 0.788. The van der Waals surface area contributed by atoms with Gasteiger partial charge in [0.2, 0.25) is 0 Å². The highest BCUT2D eigenvalue weighted by molar-refractivity contribution is 6.29. The Morgan fingerprint density at radius 2 is 2.75 bits per heavy atom. The molecule has 0 N–H and O–H groups in total. The lowest BCUT2D eigenvalue weighted by Crippen LogP contribution is -1.88. The highest BCUT2D eigenvalue weighted by Gasteiger charge is 1.94. The molecule has 3 heteroatoms. The molecule has 0 saturated heterocycles. The molecule has 0 spiro atoms. The van der Waals surface area contributed by atoms with Crippen LogP contribution in [0.2, 0.25) is 5.15 Å². The Morgan fingerprint density at radius 1 is 2.00 bits per heavy atom. The summed E-state index contributed by atoms with van der Waals surface area (Å²) in [5.41, 5.74) is 0.603. The molecule has 0 aliphatic rings. The van der Waals surface area contributed by atoms with E-state index in [9.17, 15) is 0 Å². The molecule has 0 bridgehead atoms. The van der Waals surface area contributed by atoms with E-state index in [1.54, 1.807) is 6.92 Å². The van der Waals surface area contributed by atoms with Crippen LogP contribution in [0.4, 0.5) is 0 Å². The minimum atomic E-state index is -2.27. The molecule has 2 nitrogen and oxygen atoms in total. The molecule has 0 amide bonds. The van der Waals surface area contributed by atoms with Crippen LogP contribution < -0.4 is 0 Å². The SMILES string of the molecule is [2H]C([2H])([2H])n1nc(C)cc1Cl. The number of aryl methyl sites for hydroxylation is 2. The van der Waals surface area contributed by atoms with Gasteiger partial charge < -0.3 is 0 Å². The summed E-state index contributed by atoms with van der Waals surface area (Å²) in [4.78, 5) is 0. The highest BCUT2D eigenvalue weighted by atomic mass is 35.5. The van der Waals surface area contributed by atoms with Gasteiger partial charge >= 0.3 is 0 Å². The third-order valence-corrected chi connectivity index (χ3v) is 1.06. The summed E-state index contributed by atoms with van der Waals surface area (Å²) in [6.45, 7) is -0.584. The first-order valence-corrected chi connectivity index (χ1v) is 2.52. The number of rotatable bonds is 0. The minimum absolute atomic E-state index is 0.141. The summed E-state index contributed by atoms with van der Waals surface area (Å²) >= 11 is 5.57. The topological polar surface area (TPSA) is 17.8 Å². The molecule has 0 radical (unpaired) electrons. The van der Waals surface area contributed by atoms with Crippen molar-refractivity contribution in [3.63, 3.8) is 0 Å². The molecule has 0 aliphatic carbocycles. The van der Waals surface area contributed by atoms with Gasteiger partial charge in [-0.05, 0) is 13.0 Å². The molecule has 1 heterocycles. The van der Waals surface area contributed by atoms with Crippen molar-refractivity contribution in [3.05, 3.63) is 16.9 Å². The van der Waals surface area contributed by atoms with Crippen LogP contribution in [0, 0.1) is 6.92 Å². The monoisotopic (exact) mass is 133 g/mol. The number of aromatic nitrogens is 2. The average Bonchev–Trinajstić information content (AvgIpc) is 2.08. The van der Waals surface area contributed by atoms with E-state index in [1.165, 1.54) is 6.07 Å². The normalized spacial score (nSPS) is 17.0. The van der Waals surface area contributed by atoms with Crippen LogP contribution in [0.1, 0.15) is 9.81 Å². The molecule has 0 aromatic carbocycles. The molecule has 0 saturated carbocycles. The zero-order chi connectivity index (χ0) is 8.65. The Morgan fingerprint density at radius 3 is 3.00 bits per heavy atom. The molecule has 1 aromatic heterocycles. The third kappa shape index (κ3) is 0.842. The van der Waals surface area contributed by atoms with Crippen molar-refractivity contribution in [1.82, 2.24) is 9.78 Å². The fourth-order valence-corrected chi connectivity index (χ4v) is 0.664. The molecule has 0 fully saturated rings. The fourth-order valence-electron chi connectivity index (χ4n) is 0.468. The lowest BCUT2D eigenvalue weighted by atomic mass is 10.5. The Hall–Kier alpha value is -0.500. The second kappa shape index (κ2) is 1.78. The Labute approximate surface area is 57.3 Å². The van der Waals surface area contributed by atoms with Crippen molar-refractivity contribution in [2.45, 2.75) is 6.92 Å². The van der Waals surface area contributed by atoms with Crippen molar-refractivity contribution in [2.24, 2.45) is 6.98 Å². The van der Waals surface area contributed by atoms with E-state index in [1.807, 2.05) is 0 Å². The van der Waals surface area contributed by atoms with Crippen LogP contribution in [-0.4, -0.2) is 9.78 Å². The first-order valence-electron chi connectivity index (χ1n) is 3.64. The summed E-state index contributed by atoms with van der Waals surface area (Å²) in [7, 11) is 0. The van der Waals surface area contributed by atoms with E-state index >= 15 is 0 Å². The van der Waals surface area contributed by atoms with Gasteiger partial charge in [-0.2, -0.15) is 5.10 Å². The van der Waals surface area contributed by atoms with Crippen LogP contribution in [0.15, 0.2) is 6.07 Å². The Bertz CT molecular complexity index is 265. The maximum absolute atomic E-state index is 6.98. The fraction of sp³-hybridized carbons (Fsp3) is 0.400. The second-order valence-corrected chi connectivity index (χ2v) is 1.91. The quantitative estimate of drug-likeness (QED) is 0.523. The van der Waals surface area contributed by atoms with E-state index < -0.39 is 6.98 Å². The summed E-state index contributed by atoms with van der Waals surface area (Å²) in [5, 5.41) is 3.84. The molecule has 44 valence electrons. The Kier molecular flexibility index (Phi) is 0.641. The molecule has 0 aliphatic heterocycles. The van der Waals surface area contributed by atoms with Gasteiger partial charge in [-0.3, -0.25) is 4.68 Å². The number of nitrogens with zero attached hydrogens (tertiary/aromatic N) is 2. The molecular weight excluding hydrogens is 124 g/mol. The maximum Gasteiger partial charge on any atom is 0.126 e. The summed E-state index contributed by atoms with van der Waals surface area (Å²) in [6.07, 6.45) is 0. The second-order valence-electron chi connectivity index (χ2n) is 1.52. The van der Waals surface area contributed by atoms with Crippen molar-refractivity contribution in [3.8, 4) is 0 Å². The molecule has 1 rings (SSSR count). The summed E-state index contributed by atoms with van der Waals surface area (Å²) in [5.74, 6) is 0. The van der Waals surface area contributed by atoms with Gasteiger partial charge in [0.05, 0.1) is 5.69 Å². The lowest BCUT2D eigenvalue weighted by molar-refractivity contribution is 0.757. The zero-order valence-electron chi connectivity index (χ0n) is 7.35. The van der Waals surface area contributed by atoms with Crippen molar-refractivity contribution < 1.29 is 4.11 Å². The highest BCUT2D eigenvalue weighted by Crippen LogP contribution is 2.06. The first-order chi connectivity index (χ1) is 4.91. The predicted molar refractivity (Wildman–Crippen MR) is 33.0 cm³/mol. The average molecular weight is 134 g/mol. The lowest BCUT2D eigenvalue weighted by Gasteiger charge is -1.85. The number of halogens is 1. The summed E-state index contributed by atoms with van der Waals surface area (Å²) < 4.78 is 21.8. The number of hydrogen-bond donors (Lipinski definition) is 0. The van der Waals surface area contributed by atoms with Crippen LogP contribution >= 0.6 is 11.6 Å². The van der Waals surface area contributed by atoms with Gasteiger partial charge in [-0.1, -0.05) is 11.6 Å².